The van der Waals surface area contributed by atoms with Crippen molar-refractivity contribution in [3.8, 4) is 28.7 Å². The van der Waals surface area contributed by atoms with E-state index in [1.165, 1.54) is 11.1 Å². The first kappa shape index (κ1) is 22.3. The Morgan fingerprint density at radius 1 is 0.903 bits per heavy atom. The molecule has 3 nitrogen and oxygen atoms in total. The van der Waals surface area contributed by atoms with Gasteiger partial charge in [-0.05, 0) is 54.3 Å². The number of hydrogen-bond acceptors (Lipinski definition) is 3. The highest BCUT2D eigenvalue weighted by Crippen LogP contribution is 2.22. The van der Waals surface area contributed by atoms with Gasteiger partial charge in [0.05, 0.1) is 6.61 Å². The Morgan fingerprint density at radius 2 is 1.58 bits per heavy atom. The zero-order chi connectivity index (χ0) is 21.9. The minimum Gasteiger partial charge on any atom is -0.494 e. The molecule has 3 aromatic rings. The van der Waals surface area contributed by atoms with Crippen LogP contribution in [0.1, 0.15) is 30.9 Å². The zero-order valence-corrected chi connectivity index (χ0v) is 18.1. The SMILES string of the molecule is CO[C@@H](Cc1ccc(C#CCCCOc2ccc(-c3ccccc3)cc2)cc1)C(C)=O. The van der Waals surface area contributed by atoms with Gasteiger partial charge in [0.25, 0.3) is 0 Å². The van der Waals surface area contributed by atoms with E-state index < -0.39 is 0 Å². The van der Waals surface area contributed by atoms with Crippen molar-refractivity contribution in [3.63, 3.8) is 0 Å². The number of methoxy groups -OCH3 is 1. The third-order valence-corrected chi connectivity index (χ3v) is 5.02. The summed E-state index contributed by atoms with van der Waals surface area (Å²) < 4.78 is 11.0. The summed E-state index contributed by atoms with van der Waals surface area (Å²) in [6.45, 7) is 2.19. The van der Waals surface area contributed by atoms with Crippen LogP contribution in [-0.2, 0) is 16.0 Å². The number of unbranched alkanes of at least 4 members (excludes halogenated alkanes) is 1. The van der Waals surface area contributed by atoms with E-state index in [9.17, 15) is 4.79 Å². The molecule has 0 N–H and O–H groups in total. The Balaban J connectivity index is 1.40. The molecule has 0 spiro atoms. The van der Waals surface area contributed by atoms with Gasteiger partial charge in [-0.3, -0.25) is 4.79 Å². The van der Waals surface area contributed by atoms with E-state index in [2.05, 4.69) is 36.1 Å². The van der Waals surface area contributed by atoms with Crippen LogP contribution in [0.15, 0.2) is 78.9 Å². The highest BCUT2D eigenvalue weighted by molar-refractivity contribution is 5.80. The van der Waals surface area contributed by atoms with Gasteiger partial charge < -0.3 is 9.47 Å². The monoisotopic (exact) mass is 412 g/mol. The summed E-state index contributed by atoms with van der Waals surface area (Å²) in [4.78, 5) is 11.5. The maximum Gasteiger partial charge on any atom is 0.158 e. The lowest BCUT2D eigenvalue weighted by Gasteiger charge is -2.11. The summed E-state index contributed by atoms with van der Waals surface area (Å²) in [5.41, 5.74) is 4.43. The van der Waals surface area contributed by atoms with Crippen LogP contribution in [0.2, 0.25) is 0 Å². The van der Waals surface area contributed by atoms with Crippen LogP contribution in [0.3, 0.4) is 0 Å². The third-order valence-electron chi connectivity index (χ3n) is 5.02. The number of ketones is 1. The second kappa shape index (κ2) is 11.7. The molecule has 0 radical (unpaired) electrons. The van der Waals surface area contributed by atoms with Crippen LogP contribution in [0, 0.1) is 11.8 Å². The first-order chi connectivity index (χ1) is 15.2. The van der Waals surface area contributed by atoms with E-state index in [1.54, 1.807) is 14.0 Å². The average molecular weight is 413 g/mol. The van der Waals surface area contributed by atoms with Gasteiger partial charge in [-0.1, -0.05) is 66.4 Å². The van der Waals surface area contributed by atoms with Gasteiger partial charge in [0, 0.05) is 25.5 Å². The quantitative estimate of drug-likeness (QED) is 0.333. The fourth-order valence-electron chi connectivity index (χ4n) is 3.22. The molecule has 3 aromatic carbocycles. The highest BCUT2D eigenvalue weighted by Gasteiger charge is 2.13. The number of carbonyl (C=O) groups excluding carboxylic acids is 1. The Kier molecular flexibility index (Phi) is 8.46. The van der Waals surface area contributed by atoms with Crippen molar-refractivity contribution < 1.29 is 14.3 Å². The summed E-state index contributed by atoms with van der Waals surface area (Å²) in [6, 6.07) is 26.5. The molecule has 0 fully saturated rings. The molecular weight excluding hydrogens is 384 g/mol. The summed E-state index contributed by atoms with van der Waals surface area (Å²) >= 11 is 0. The molecule has 0 heterocycles. The van der Waals surface area contributed by atoms with Gasteiger partial charge in [-0.15, -0.1) is 0 Å². The van der Waals surface area contributed by atoms with E-state index in [1.807, 2.05) is 54.6 Å². The summed E-state index contributed by atoms with van der Waals surface area (Å²) in [5.74, 6) is 7.30. The number of Topliss-reactive ketones (excluding diaryl/α,β-unsaturated/α-hetero) is 1. The van der Waals surface area contributed by atoms with Crippen molar-refractivity contribution in [2.75, 3.05) is 13.7 Å². The second-order valence-electron chi connectivity index (χ2n) is 7.38. The van der Waals surface area contributed by atoms with Crippen molar-refractivity contribution in [3.05, 3.63) is 90.0 Å². The molecule has 158 valence electrons. The molecule has 0 saturated carbocycles. The lowest BCUT2D eigenvalue weighted by atomic mass is 10.0. The fraction of sp³-hybridized carbons (Fsp3) is 0.250. The Labute approximate surface area is 185 Å². The normalized spacial score (nSPS) is 11.3. The van der Waals surface area contributed by atoms with Crippen molar-refractivity contribution in [1.29, 1.82) is 0 Å². The van der Waals surface area contributed by atoms with E-state index in [-0.39, 0.29) is 11.9 Å². The van der Waals surface area contributed by atoms with E-state index in [4.69, 9.17) is 9.47 Å². The largest absolute Gasteiger partial charge is 0.494 e. The van der Waals surface area contributed by atoms with E-state index in [0.29, 0.717) is 13.0 Å². The molecule has 0 amide bonds. The number of carbonyl (C=O) groups is 1. The predicted octanol–water partition coefficient (Wildman–Crippen LogP) is 5.71. The summed E-state index contributed by atoms with van der Waals surface area (Å²) in [5, 5.41) is 0. The fourth-order valence-corrected chi connectivity index (χ4v) is 3.22. The predicted molar refractivity (Wildman–Crippen MR) is 125 cm³/mol. The molecule has 3 rings (SSSR count). The third kappa shape index (κ3) is 7.13. The summed E-state index contributed by atoms with van der Waals surface area (Å²) in [7, 11) is 1.56. The van der Waals surface area contributed by atoms with Crippen LogP contribution in [0.25, 0.3) is 11.1 Å². The molecule has 31 heavy (non-hydrogen) atoms. The number of ether oxygens (including phenoxy) is 2. The minimum atomic E-state index is -0.383. The van der Waals surface area contributed by atoms with Crippen LogP contribution < -0.4 is 4.74 Å². The summed E-state index contributed by atoms with van der Waals surface area (Å²) in [6.07, 6.45) is 1.86. The maximum absolute atomic E-state index is 11.5. The topological polar surface area (TPSA) is 35.5 Å². The van der Waals surface area contributed by atoms with Gasteiger partial charge in [0.15, 0.2) is 5.78 Å². The molecule has 0 aliphatic heterocycles. The molecule has 0 saturated heterocycles. The van der Waals surface area contributed by atoms with Gasteiger partial charge in [0.2, 0.25) is 0 Å². The molecular formula is C28H28O3. The first-order valence-corrected chi connectivity index (χ1v) is 10.5. The van der Waals surface area contributed by atoms with Crippen LogP contribution >= 0.6 is 0 Å². The average Bonchev–Trinajstić information content (AvgIpc) is 2.81. The Hall–Kier alpha value is -3.35. The van der Waals surface area contributed by atoms with Gasteiger partial charge >= 0.3 is 0 Å². The van der Waals surface area contributed by atoms with Crippen LogP contribution in [-0.4, -0.2) is 25.6 Å². The standard InChI is InChI=1S/C28H28O3/c1-22(29)28(30-2)21-24-14-12-23(13-15-24)9-5-4-8-20-31-27-18-16-26(17-19-27)25-10-6-3-7-11-25/h3,6-7,10-19,28H,4,8,20-21H2,1-2H3/t28-/m0/s1. The van der Waals surface area contributed by atoms with E-state index in [0.717, 1.165) is 29.7 Å². The van der Waals surface area contributed by atoms with Crippen molar-refractivity contribution in [2.45, 2.75) is 32.3 Å². The number of hydrogen-bond donors (Lipinski definition) is 0. The van der Waals surface area contributed by atoms with Crippen LogP contribution in [0.5, 0.6) is 5.75 Å². The molecule has 0 unspecified atom stereocenters. The van der Waals surface area contributed by atoms with Gasteiger partial charge in [-0.25, -0.2) is 0 Å². The van der Waals surface area contributed by atoms with Crippen molar-refractivity contribution in [2.24, 2.45) is 0 Å². The minimum absolute atomic E-state index is 0.0423. The molecule has 0 aromatic heterocycles. The van der Waals surface area contributed by atoms with Gasteiger partial charge in [-0.2, -0.15) is 0 Å². The van der Waals surface area contributed by atoms with Gasteiger partial charge in [0.1, 0.15) is 11.9 Å². The molecule has 3 heteroatoms. The van der Waals surface area contributed by atoms with Crippen molar-refractivity contribution in [1.82, 2.24) is 0 Å². The lowest BCUT2D eigenvalue weighted by Crippen LogP contribution is -2.22. The molecule has 0 bridgehead atoms. The highest BCUT2D eigenvalue weighted by atomic mass is 16.5. The molecule has 1 atom stereocenters. The molecule has 0 aliphatic carbocycles. The van der Waals surface area contributed by atoms with Crippen LogP contribution in [0.4, 0.5) is 0 Å². The first-order valence-electron chi connectivity index (χ1n) is 10.5. The Morgan fingerprint density at radius 3 is 2.23 bits per heavy atom. The van der Waals surface area contributed by atoms with Crippen molar-refractivity contribution >= 4 is 5.78 Å². The number of rotatable bonds is 9. The zero-order valence-electron chi connectivity index (χ0n) is 18.1. The lowest BCUT2D eigenvalue weighted by molar-refractivity contribution is -0.126. The van der Waals surface area contributed by atoms with E-state index >= 15 is 0 Å². The Bertz CT molecular complexity index is 1010. The molecule has 0 aliphatic rings. The smallest absolute Gasteiger partial charge is 0.158 e. The maximum atomic E-state index is 11.5. The number of benzene rings is 3. The second-order valence-corrected chi connectivity index (χ2v) is 7.38.